The quantitative estimate of drug-likeness (QED) is 0.840. The van der Waals surface area contributed by atoms with Gasteiger partial charge in [-0.05, 0) is 56.2 Å². The lowest BCUT2D eigenvalue weighted by atomic mass is 9.99. The van der Waals surface area contributed by atoms with Gasteiger partial charge in [0.2, 0.25) is 5.91 Å². The van der Waals surface area contributed by atoms with Crippen molar-refractivity contribution in [2.24, 2.45) is 5.92 Å². The van der Waals surface area contributed by atoms with Gasteiger partial charge in [-0.2, -0.15) is 0 Å². The van der Waals surface area contributed by atoms with Crippen molar-refractivity contribution in [1.29, 1.82) is 0 Å². The van der Waals surface area contributed by atoms with Gasteiger partial charge < -0.3 is 20.1 Å². The Morgan fingerprint density at radius 2 is 1.88 bits per heavy atom. The highest BCUT2D eigenvalue weighted by atomic mass is 16.5. The maximum Gasteiger partial charge on any atom is 0.227 e. The third-order valence-electron chi connectivity index (χ3n) is 4.06. The summed E-state index contributed by atoms with van der Waals surface area (Å²) in [7, 11) is 0. The van der Waals surface area contributed by atoms with E-state index < -0.39 is 0 Å². The summed E-state index contributed by atoms with van der Waals surface area (Å²) in [6, 6.07) is 11.4. The fourth-order valence-electron chi connectivity index (χ4n) is 2.69. The Bertz CT molecular complexity index is 680. The average Bonchev–Trinajstić information content (AvgIpc) is 2.66. The van der Waals surface area contributed by atoms with E-state index >= 15 is 0 Å². The first-order valence-corrected chi connectivity index (χ1v) is 8.59. The first-order chi connectivity index (χ1) is 12.2. The SMILES string of the molecule is CCOc1ccc(Nc2ccc(NC(=O)C3CCOCC3)cn2)cc1. The molecule has 25 heavy (non-hydrogen) atoms. The third kappa shape index (κ3) is 4.93. The average molecular weight is 341 g/mol. The molecule has 1 saturated heterocycles. The van der Waals surface area contributed by atoms with Crippen molar-refractivity contribution in [2.45, 2.75) is 19.8 Å². The smallest absolute Gasteiger partial charge is 0.227 e. The molecule has 0 radical (unpaired) electrons. The van der Waals surface area contributed by atoms with Crippen molar-refractivity contribution in [1.82, 2.24) is 4.98 Å². The molecule has 0 atom stereocenters. The second-order valence-corrected chi connectivity index (χ2v) is 5.89. The normalized spacial score (nSPS) is 14.8. The second-order valence-electron chi connectivity index (χ2n) is 5.89. The van der Waals surface area contributed by atoms with Crippen LogP contribution in [0, 0.1) is 5.92 Å². The number of anilines is 3. The minimum absolute atomic E-state index is 0.0235. The molecule has 1 aromatic heterocycles. The summed E-state index contributed by atoms with van der Waals surface area (Å²) in [5.41, 5.74) is 1.63. The first kappa shape index (κ1) is 17.2. The van der Waals surface area contributed by atoms with Gasteiger partial charge in [-0.15, -0.1) is 0 Å². The number of ether oxygens (including phenoxy) is 2. The Balaban J connectivity index is 1.55. The van der Waals surface area contributed by atoms with E-state index in [2.05, 4.69) is 15.6 Å². The van der Waals surface area contributed by atoms with E-state index in [1.807, 2.05) is 43.3 Å². The van der Waals surface area contributed by atoms with Gasteiger partial charge in [0.05, 0.1) is 18.5 Å². The van der Waals surface area contributed by atoms with Crippen LogP contribution in [-0.4, -0.2) is 30.7 Å². The lowest BCUT2D eigenvalue weighted by molar-refractivity contribution is -0.122. The Hall–Kier alpha value is -2.60. The van der Waals surface area contributed by atoms with Gasteiger partial charge in [0.15, 0.2) is 0 Å². The summed E-state index contributed by atoms with van der Waals surface area (Å²) >= 11 is 0. The minimum Gasteiger partial charge on any atom is -0.494 e. The number of nitrogens with one attached hydrogen (secondary N) is 2. The fraction of sp³-hybridized carbons (Fsp3) is 0.368. The largest absolute Gasteiger partial charge is 0.494 e. The number of carbonyl (C=O) groups excluding carboxylic acids is 1. The monoisotopic (exact) mass is 341 g/mol. The summed E-state index contributed by atoms with van der Waals surface area (Å²) < 4.78 is 10.7. The minimum atomic E-state index is 0.0235. The number of benzene rings is 1. The van der Waals surface area contributed by atoms with Crippen molar-refractivity contribution in [2.75, 3.05) is 30.5 Å². The van der Waals surface area contributed by atoms with E-state index in [-0.39, 0.29) is 11.8 Å². The van der Waals surface area contributed by atoms with Crippen LogP contribution in [0.25, 0.3) is 0 Å². The van der Waals surface area contributed by atoms with E-state index in [4.69, 9.17) is 9.47 Å². The van der Waals surface area contributed by atoms with Gasteiger partial charge >= 0.3 is 0 Å². The van der Waals surface area contributed by atoms with E-state index in [1.165, 1.54) is 0 Å². The number of pyridine rings is 1. The Morgan fingerprint density at radius 3 is 2.52 bits per heavy atom. The lowest BCUT2D eigenvalue weighted by Gasteiger charge is -2.21. The Labute approximate surface area is 147 Å². The van der Waals surface area contributed by atoms with Crippen molar-refractivity contribution < 1.29 is 14.3 Å². The van der Waals surface area contributed by atoms with Crippen LogP contribution >= 0.6 is 0 Å². The van der Waals surface area contributed by atoms with E-state index in [0.717, 1.165) is 24.3 Å². The van der Waals surface area contributed by atoms with Crippen LogP contribution in [0.3, 0.4) is 0 Å². The number of hydrogen-bond donors (Lipinski definition) is 2. The molecule has 0 aliphatic carbocycles. The Morgan fingerprint density at radius 1 is 1.16 bits per heavy atom. The van der Waals surface area contributed by atoms with Crippen molar-refractivity contribution in [3.05, 3.63) is 42.6 Å². The fourth-order valence-corrected chi connectivity index (χ4v) is 2.69. The van der Waals surface area contributed by atoms with E-state index in [1.54, 1.807) is 6.20 Å². The maximum absolute atomic E-state index is 12.2. The zero-order chi connectivity index (χ0) is 17.5. The molecule has 0 bridgehead atoms. The van der Waals surface area contributed by atoms with Gasteiger partial charge in [0.1, 0.15) is 11.6 Å². The number of nitrogens with zero attached hydrogens (tertiary/aromatic N) is 1. The van der Waals surface area contributed by atoms with Crippen molar-refractivity contribution in [3.63, 3.8) is 0 Å². The van der Waals surface area contributed by atoms with Gasteiger partial charge in [0, 0.05) is 24.8 Å². The molecule has 6 heteroatoms. The first-order valence-electron chi connectivity index (χ1n) is 8.59. The molecule has 0 unspecified atom stereocenters. The molecule has 2 aromatic rings. The van der Waals surface area contributed by atoms with Crippen LogP contribution in [-0.2, 0) is 9.53 Å². The van der Waals surface area contributed by atoms with Crippen LogP contribution in [0.15, 0.2) is 42.6 Å². The molecule has 1 fully saturated rings. The zero-order valence-corrected chi connectivity index (χ0v) is 14.3. The number of hydrogen-bond acceptors (Lipinski definition) is 5. The molecule has 1 amide bonds. The Kier molecular flexibility index (Phi) is 5.85. The molecule has 0 saturated carbocycles. The third-order valence-corrected chi connectivity index (χ3v) is 4.06. The second kappa shape index (κ2) is 8.48. The number of carbonyl (C=O) groups is 1. The molecule has 1 aromatic carbocycles. The highest BCUT2D eigenvalue weighted by Crippen LogP contribution is 2.21. The van der Waals surface area contributed by atoms with Crippen LogP contribution < -0.4 is 15.4 Å². The molecular weight excluding hydrogens is 318 g/mol. The van der Waals surface area contributed by atoms with Gasteiger partial charge in [-0.25, -0.2) is 4.98 Å². The van der Waals surface area contributed by atoms with Gasteiger partial charge in [-0.1, -0.05) is 0 Å². The number of rotatable bonds is 6. The number of amides is 1. The molecule has 1 aliphatic heterocycles. The summed E-state index contributed by atoms with van der Waals surface area (Å²) in [5.74, 6) is 1.62. The topological polar surface area (TPSA) is 72.5 Å². The van der Waals surface area contributed by atoms with Crippen molar-refractivity contribution >= 4 is 23.1 Å². The van der Waals surface area contributed by atoms with Gasteiger partial charge in [0.25, 0.3) is 0 Å². The molecule has 132 valence electrons. The van der Waals surface area contributed by atoms with Crippen LogP contribution in [0.1, 0.15) is 19.8 Å². The summed E-state index contributed by atoms with van der Waals surface area (Å²) in [6.07, 6.45) is 3.21. The molecule has 0 spiro atoms. The van der Waals surface area contributed by atoms with E-state index in [0.29, 0.717) is 31.3 Å². The molecule has 3 rings (SSSR count). The zero-order valence-electron chi connectivity index (χ0n) is 14.3. The predicted molar refractivity (Wildman–Crippen MR) is 97.3 cm³/mol. The van der Waals surface area contributed by atoms with Crippen LogP contribution in [0.5, 0.6) is 5.75 Å². The van der Waals surface area contributed by atoms with Crippen molar-refractivity contribution in [3.8, 4) is 5.75 Å². The number of aromatic nitrogens is 1. The van der Waals surface area contributed by atoms with Gasteiger partial charge in [-0.3, -0.25) is 4.79 Å². The van der Waals surface area contributed by atoms with E-state index in [9.17, 15) is 4.79 Å². The summed E-state index contributed by atoms with van der Waals surface area (Å²) in [6.45, 7) is 3.91. The molecule has 1 aliphatic rings. The predicted octanol–water partition coefficient (Wildman–Crippen LogP) is 3.59. The molecule has 6 nitrogen and oxygen atoms in total. The summed E-state index contributed by atoms with van der Waals surface area (Å²) in [4.78, 5) is 16.6. The standard InChI is InChI=1S/C19H23N3O3/c1-2-25-17-6-3-15(4-7-17)21-18-8-5-16(13-20-18)22-19(23)14-9-11-24-12-10-14/h3-8,13-14H,2,9-12H2,1H3,(H,20,21)(H,22,23). The maximum atomic E-state index is 12.2. The molecular formula is C19H23N3O3. The molecule has 2 heterocycles. The highest BCUT2D eigenvalue weighted by Gasteiger charge is 2.21. The highest BCUT2D eigenvalue weighted by molar-refractivity contribution is 5.92. The van der Waals surface area contributed by atoms with Crippen LogP contribution in [0.4, 0.5) is 17.2 Å². The molecule has 2 N–H and O–H groups in total. The lowest BCUT2D eigenvalue weighted by Crippen LogP contribution is -2.28. The van der Waals surface area contributed by atoms with Crippen LogP contribution in [0.2, 0.25) is 0 Å². The summed E-state index contributed by atoms with van der Waals surface area (Å²) in [5, 5.41) is 6.14.